The molecule has 0 spiro atoms. The van der Waals surface area contributed by atoms with Gasteiger partial charge in [0.1, 0.15) is 17.4 Å². The zero-order valence-electron chi connectivity index (χ0n) is 9.61. The second kappa shape index (κ2) is 5.43. The summed E-state index contributed by atoms with van der Waals surface area (Å²) in [4.78, 5) is 0.749. The van der Waals surface area contributed by atoms with Crippen molar-refractivity contribution >= 4 is 11.3 Å². The number of methoxy groups -OCH3 is 1. The Kier molecular flexibility index (Phi) is 3.90. The summed E-state index contributed by atoms with van der Waals surface area (Å²) in [5.41, 5.74) is 2.66. The van der Waals surface area contributed by atoms with Crippen LogP contribution in [0.1, 0.15) is 16.5 Å². The van der Waals surface area contributed by atoms with Gasteiger partial charge >= 0.3 is 0 Å². The van der Waals surface area contributed by atoms with Crippen molar-refractivity contribution in [3.05, 3.63) is 51.7 Å². The van der Waals surface area contributed by atoms with E-state index in [1.165, 1.54) is 11.3 Å². The number of hydrazine groups is 1. The summed E-state index contributed by atoms with van der Waals surface area (Å²) in [6.07, 6.45) is 0. The molecular formula is C12H12F2N2OS. The predicted octanol–water partition coefficient (Wildman–Crippen LogP) is 2.59. The number of rotatable bonds is 4. The fourth-order valence-electron chi connectivity index (χ4n) is 1.65. The Bertz CT molecular complexity index is 545. The Morgan fingerprint density at radius 3 is 2.72 bits per heavy atom. The Balaban J connectivity index is 2.41. The second-order valence-electron chi connectivity index (χ2n) is 3.65. The maximum atomic E-state index is 13.7. The zero-order chi connectivity index (χ0) is 13.1. The summed E-state index contributed by atoms with van der Waals surface area (Å²) in [6, 6.07) is 4.42. The molecule has 2 aromatic rings. The maximum Gasteiger partial charge on any atom is 0.129 e. The molecule has 0 amide bonds. The smallest absolute Gasteiger partial charge is 0.129 e. The van der Waals surface area contributed by atoms with Gasteiger partial charge in [-0.05, 0) is 24.3 Å². The lowest BCUT2D eigenvalue weighted by molar-refractivity contribution is 0.416. The van der Waals surface area contributed by atoms with Crippen LogP contribution in [0.15, 0.2) is 29.6 Å². The standard InChI is InChI=1S/C12H12F2N2OS/c1-17-8-5-11(18-6-8)12(16-15)9-4-7(13)2-3-10(9)14/h2-6,12,16H,15H2,1H3. The lowest BCUT2D eigenvalue weighted by Crippen LogP contribution is -2.29. The van der Waals surface area contributed by atoms with Gasteiger partial charge in [0.05, 0.1) is 13.2 Å². The molecule has 96 valence electrons. The first kappa shape index (κ1) is 12.9. The summed E-state index contributed by atoms with van der Waals surface area (Å²) in [7, 11) is 1.54. The Hall–Kier alpha value is -1.50. The minimum Gasteiger partial charge on any atom is -0.496 e. The molecule has 2 rings (SSSR count). The first-order chi connectivity index (χ1) is 8.65. The average molecular weight is 270 g/mol. The summed E-state index contributed by atoms with van der Waals surface area (Å²) in [5, 5.41) is 1.77. The summed E-state index contributed by atoms with van der Waals surface area (Å²) < 4.78 is 31.9. The maximum absolute atomic E-state index is 13.7. The van der Waals surface area contributed by atoms with Crippen molar-refractivity contribution < 1.29 is 13.5 Å². The van der Waals surface area contributed by atoms with E-state index in [1.807, 2.05) is 0 Å². The molecule has 0 aliphatic carbocycles. The molecule has 0 saturated heterocycles. The van der Waals surface area contributed by atoms with Crippen molar-refractivity contribution in [2.45, 2.75) is 6.04 Å². The second-order valence-corrected chi connectivity index (χ2v) is 4.60. The van der Waals surface area contributed by atoms with Gasteiger partial charge in [-0.1, -0.05) is 0 Å². The first-order valence-electron chi connectivity index (χ1n) is 5.19. The quantitative estimate of drug-likeness (QED) is 0.663. The molecule has 1 atom stereocenters. The van der Waals surface area contributed by atoms with E-state index in [0.717, 1.165) is 23.1 Å². The third kappa shape index (κ3) is 2.50. The highest BCUT2D eigenvalue weighted by molar-refractivity contribution is 7.10. The molecule has 0 aliphatic rings. The summed E-state index contributed by atoms with van der Waals surface area (Å²) >= 11 is 1.36. The number of hydrogen-bond donors (Lipinski definition) is 2. The minimum absolute atomic E-state index is 0.169. The van der Waals surface area contributed by atoms with E-state index in [1.54, 1.807) is 18.6 Å². The van der Waals surface area contributed by atoms with Crippen LogP contribution in [-0.2, 0) is 0 Å². The Morgan fingerprint density at radius 1 is 1.33 bits per heavy atom. The molecule has 0 fully saturated rings. The molecule has 0 aliphatic heterocycles. The number of thiophene rings is 1. The van der Waals surface area contributed by atoms with E-state index in [2.05, 4.69) is 5.43 Å². The van der Waals surface area contributed by atoms with Gasteiger partial charge in [-0.2, -0.15) is 0 Å². The fraction of sp³-hybridized carbons (Fsp3) is 0.167. The monoisotopic (exact) mass is 270 g/mol. The van der Waals surface area contributed by atoms with E-state index in [4.69, 9.17) is 10.6 Å². The molecule has 3 nitrogen and oxygen atoms in total. The predicted molar refractivity (Wildman–Crippen MR) is 66.4 cm³/mol. The lowest BCUT2D eigenvalue weighted by atomic mass is 10.1. The molecule has 1 unspecified atom stereocenters. The zero-order valence-corrected chi connectivity index (χ0v) is 10.4. The van der Waals surface area contributed by atoms with Crippen molar-refractivity contribution in [3.63, 3.8) is 0 Å². The fourth-order valence-corrected chi connectivity index (χ4v) is 2.59. The number of nitrogens with two attached hydrogens (primary N) is 1. The van der Waals surface area contributed by atoms with Gasteiger partial charge in [0.15, 0.2) is 0 Å². The van der Waals surface area contributed by atoms with Gasteiger partial charge < -0.3 is 4.74 Å². The topological polar surface area (TPSA) is 47.3 Å². The first-order valence-corrected chi connectivity index (χ1v) is 6.07. The van der Waals surface area contributed by atoms with E-state index in [9.17, 15) is 8.78 Å². The van der Waals surface area contributed by atoms with Crippen molar-refractivity contribution in [3.8, 4) is 5.75 Å². The van der Waals surface area contributed by atoms with Crippen molar-refractivity contribution in [1.29, 1.82) is 0 Å². The van der Waals surface area contributed by atoms with Crippen LogP contribution in [0.5, 0.6) is 5.75 Å². The SMILES string of the molecule is COc1csc(C(NN)c2cc(F)ccc2F)c1. The van der Waals surface area contributed by atoms with Crippen LogP contribution in [0.4, 0.5) is 8.78 Å². The van der Waals surface area contributed by atoms with Gasteiger partial charge in [0.25, 0.3) is 0 Å². The Morgan fingerprint density at radius 2 is 2.11 bits per heavy atom. The normalized spacial score (nSPS) is 12.4. The highest BCUT2D eigenvalue weighted by atomic mass is 32.1. The van der Waals surface area contributed by atoms with E-state index in [0.29, 0.717) is 5.75 Å². The molecule has 6 heteroatoms. The van der Waals surface area contributed by atoms with Crippen LogP contribution in [0, 0.1) is 11.6 Å². The van der Waals surface area contributed by atoms with E-state index < -0.39 is 17.7 Å². The van der Waals surface area contributed by atoms with Crippen LogP contribution in [0.25, 0.3) is 0 Å². The van der Waals surface area contributed by atoms with Crippen LogP contribution < -0.4 is 16.0 Å². The molecular weight excluding hydrogens is 258 g/mol. The number of hydrogen-bond acceptors (Lipinski definition) is 4. The molecule has 1 heterocycles. The van der Waals surface area contributed by atoms with Gasteiger partial charge in [-0.15, -0.1) is 11.3 Å². The number of halogens is 2. The molecule has 1 aromatic carbocycles. The van der Waals surface area contributed by atoms with E-state index >= 15 is 0 Å². The molecule has 3 N–H and O–H groups in total. The van der Waals surface area contributed by atoms with Crippen LogP contribution >= 0.6 is 11.3 Å². The minimum atomic E-state index is -0.602. The number of nitrogens with one attached hydrogen (secondary N) is 1. The number of benzene rings is 1. The van der Waals surface area contributed by atoms with Crippen molar-refractivity contribution in [2.24, 2.45) is 5.84 Å². The summed E-state index contributed by atoms with van der Waals surface area (Å²) in [5.74, 6) is 5.08. The van der Waals surface area contributed by atoms with Crippen LogP contribution in [0.2, 0.25) is 0 Å². The van der Waals surface area contributed by atoms with Crippen molar-refractivity contribution in [1.82, 2.24) is 5.43 Å². The van der Waals surface area contributed by atoms with Gasteiger partial charge in [0.2, 0.25) is 0 Å². The molecule has 1 aromatic heterocycles. The third-order valence-corrected chi connectivity index (χ3v) is 3.53. The van der Waals surface area contributed by atoms with E-state index in [-0.39, 0.29) is 5.56 Å². The van der Waals surface area contributed by atoms with Gasteiger partial charge in [0, 0.05) is 15.8 Å². The molecule has 18 heavy (non-hydrogen) atoms. The number of ether oxygens (including phenoxy) is 1. The van der Waals surface area contributed by atoms with Gasteiger partial charge in [-0.3, -0.25) is 5.84 Å². The van der Waals surface area contributed by atoms with Crippen molar-refractivity contribution in [2.75, 3.05) is 7.11 Å². The highest BCUT2D eigenvalue weighted by Gasteiger charge is 2.19. The molecule has 0 radical (unpaired) electrons. The molecule has 0 saturated carbocycles. The third-order valence-electron chi connectivity index (χ3n) is 2.55. The Labute approximate surface area is 107 Å². The average Bonchev–Trinajstić information content (AvgIpc) is 2.83. The lowest BCUT2D eigenvalue weighted by Gasteiger charge is -2.15. The van der Waals surface area contributed by atoms with Crippen LogP contribution in [0.3, 0.4) is 0 Å². The summed E-state index contributed by atoms with van der Waals surface area (Å²) in [6.45, 7) is 0. The largest absolute Gasteiger partial charge is 0.496 e. The highest BCUT2D eigenvalue weighted by Crippen LogP contribution is 2.31. The van der Waals surface area contributed by atoms with Gasteiger partial charge in [-0.25, -0.2) is 14.2 Å². The molecule has 0 bridgehead atoms. The van der Waals surface area contributed by atoms with Crippen LogP contribution in [-0.4, -0.2) is 7.11 Å².